The summed E-state index contributed by atoms with van der Waals surface area (Å²) in [4.78, 5) is 30.4. The van der Waals surface area contributed by atoms with Gasteiger partial charge in [-0.05, 0) is 74.2 Å². The number of halogens is 1. The molecular formula is C29H29BrN2O4S. The highest BCUT2D eigenvalue weighted by Gasteiger charge is 2.31. The molecule has 0 aliphatic heterocycles. The van der Waals surface area contributed by atoms with Crippen molar-refractivity contribution in [1.29, 1.82) is 0 Å². The average molecular weight is 582 g/mol. The molecule has 0 radical (unpaired) electrons. The standard InChI is InChI=1S/C29H29BrN2O4S/c1-5-36-29(35)26-24(17-37-20-9-7-6-8-10-20)32(28(34)19-13-11-18(2)12-14-19)23-15-22(30)27(33)21(25(23)26)16-31(3)4/h6-15,33H,5,16-17H2,1-4H3. The molecule has 1 N–H and O–H groups in total. The lowest BCUT2D eigenvalue weighted by molar-refractivity contribution is 0.0527. The summed E-state index contributed by atoms with van der Waals surface area (Å²) in [6.07, 6.45) is 0. The monoisotopic (exact) mass is 580 g/mol. The zero-order valence-corrected chi connectivity index (χ0v) is 23.6. The van der Waals surface area contributed by atoms with Gasteiger partial charge >= 0.3 is 5.97 Å². The van der Waals surface area contributed by atoms with Crippen molar-refractivity contribution < 1.29 is 19.4 Å². The van der Waals surface area contributed by atoms with Gasteiger partial charge < -0.3 is 14.7 Å². The summed E-state index contributed by atoms with van der Waals surface area (Å²) in [5.41, 5.74) is 3.48. The van der Waals surface area contributed by atoms with Gasteiger partial charge in [0.15, 0.2) is 0 Å². The lowest BCUT2D eigenvalue weighted by atomic mass is 10.0. The third kappa shape index (κ3) is 5.61. The Bertz CT molecular complexity index is 1450. The molecule has 0 bridgehead atoms. The first-order valence-electron chi connectivity index (χ1n) is 11.9. The highest BCUT2D eigenvalue weighted by molar-refractivity contribution is 9.10. The summed E-state index contributed by atoms with van der Waals surface area (Å²) in [6, 6.07) is 18.9. The third-order valence-corrected chi connectivity index (χ3v) is 7.58. The van der Waals surface area contributed by atoms with E-state index in [4.69, 9.17) is 4.74 Å². The molecule has 0 aliphatic rings. The molecule has 0 fully saturated rings. The third-order valence-electron chi connectivity index (χ3n) is 5.96. The molecule has 8 heteroatoms. The Morgan fingerprint density at radius 3 is 2.38 bits per heavy atom. The van der Waals surface area contributed by atoms with Crippen LogP contribution in [-0.4, -0.2) is 47.2 Å². The smallest absolute Gasteiger partial charge is 0.340 e. The Kier molecular flexibility index (Phi) is 8.42. The normalized spacial score (nSPS) is 11.3. The van der Waals surface area contributed by atoms with Gasteiger partial charge in [-0.25, -0.2) is 4.79 Å². The number of carbonyl (C=O) groups is 2. The Morgan fingerprint density at radius 1 is 1.08 bits per heavy atom. The predicted octanol–water partition coefficient (Wildman–Crippen LogP) is 6.64. The SMILES string of the molecule is CCOC(=O)c1c(CSc2ccccc2)n(C(=O)c2ccc(C)cc2)c2cc(Br)c(O)c(CN(C)C)c12. The van der Waals surface area contributed by atoms with E-state index in [-0.39, 0.29) is 18.3 Å². The van der Waals surface area contributed by atoms with Crippen molar-refractivity contribution in [2.24, 2.45) is 0 Å². The summed E-state index contributed by atoms with van der Waals surface area (Å²) in [7, 11) is 3.77. The Balaban J connectivity index is 2.05. The van der Waals surface area contributed by atoms with E-state index in [1.165, 1.54) is 11.8 Å². The van der Waals surface area contributed by atoms with Crippen LogP contribution in [-0.2, 0) is 17.0 Å². The van der Waals surface area contributed by atoms with Crippen molar-refractivity contribution in [1.82, 2.24) is 9.47 Å². The van der Waals surface area contributed by atoms with E-state index in [9.17, 15) is 14.7 Å². The quantitative estimate of drug-likeness (QED) is 0.186. The van der Waals surface area contributed by atoms with Gasteiger partial charge in [-0.1, -0.05) is 35.9 Å². The molecule has 0 atom stereocenters. The first kappa shape index (κ1) is 27.0. The number of thioether (sulfide) groups is 1. The number of fused-ring (bicyclic) bond motifs is 1. The van der Waals surface area contributed by atoms with E-state index in [1.54, 1.807) is 29.7 Å². The van der Waals surface area contributed by atoms with Crippen molar-refractivity contribution in [3.63, 3.8) is 0 Å². The van der Waals surface area contributed by atoms with Crippen molar-refractivity contribution in [3.05, 3.63) is 93.1 Å². The van der Waals surface area contributed by atoms with Gasteiger partial charge in [0.05, 0.1) is 27.9 Å². The van der Waals surface area contributed by atoms with E-state index >= 15 is 0 Å². The van der Waals surface area contributed by atoms with Crippen LogP contribution in [0.4, 0.5) is 0 Å². The number of hydrogen-bond donors (Lipinski definition) is 1. The zero-order valence-electron chi connectivity index (χ0n) is 21.2. The van der Waals surface area contributed by atoms with Gasteiger partial charge in [-0.3, -0.25) is 9.36 Å². The van der Waals surface area contributed by atoms with Crippen LogP contribution in [0.2, 0.25) is 0 Å². The molecular weight excluding hydrogens is 552 g/mol. The van der Waals surface area contributed by atoms with Gasteiger partial charge in [-0.15, -0.1) is 11.8 Å². The fourth-order valence-electron chi connectivity index (χ4n) is 4.29. The largest absolute Gasteiger partial charge is 0.506 e. The van der Waals surface area contributed by atoms with Crippen molar-refractivity contribution in [2.75, 3.05) is 20.7 Å². The molecule has 0 saturated heterocycles. The minimum atomic E-state index is -0.520. The van der Waals surface area contributed by atoms with E-state index in [1.807, 2.05) is 68.4 Å². The number of nitrogens with zero attached hydrogens (tertiary/aromatic N) is 2. The van der Waals surface area contributed by atoms with E-state index in [0.29, 0.717) is 50.1 Å². The first-order valence-corrected chi connectivity index (χ1v) is 13.7. The number of ether oxygens (including phenoxy) is 1. The Morgan fingerprint density at radius 2 is 1.76 bits per heavy atom. The van der Waals surface area contributed by atoms with E-state index in [2.05, 4.69) is 15.9 Å². The fraction of sp³-hybridized carbons (Fsp3) is 0.241. The Labute approximate surface area is 229 Å². The van der Waals surface area contributed by atoms with Crippen LogP contribution < -0.4 is 0 Å². The zero-order chi connectivity index (χ0) is 26.7. The van der Waals surface area contributed by atoms with Crippen LogP contribution in [0.5, 0.6) is 5.75 Å². The molecule has 4 aromatic rings. The number of carbonyl (C=O) groups excluding carboxylic acids is 2. The minimum absolute atomic E-state index is 0.0361. The van der Waals surface area contributed by atoms with Gasteiger partial charge in [0, 0.05) is 33.7 Å². The summed E-state index contributed by atoms with van der Waals surface area (Å²) >= 11 is 5.00. The minimum Gasteiger partial charge on any atom is -0.506 e. The van der Waals surface area contributed by atoms with Gasteiger partial charge in [0.2, 0.25) is 0 Å². The van der Waals surface area contributed by atoms with Crippen LogP contribution in [0.15, 0.2) is 70.0 Å². The maximum atomic E-state index is 14.0. The molecule has 0 unspecified atom stereocenters. The van der Waals surface area contributed by atoms with Crippen LogP contribution in [0, 0.1) is 6.92 Å². The number of phenols is 1. The molecule has 1 heterocycles. The summed E-state index contributed by atoms with van der Waals surface area (Å²) < 4.78 is 7.55. The summed E-state index contributed by atoms with van der Waals surface area (Å²) in [6.45, 7) is 4.27. The number of hydrogen-bond acceptors (Lipinski definition) is 6. The number of aromatic nitrogens is 1. The average Bonchev–Trinajstić information content (AvgIpc) is 3.19. The lowest BCUT2D eigenvalue weighted by Crippen LogP contribution is -2.16. The molecule has 0 aliphatic carbocycles. The fourth-order valence-corrected chi connectivity index (χ4v) is 5.67. The van der Waals surface area contributed by atoms with Crippen LogP contribution in [0.3, 0.4) is 0 Å². The molecule has 1 aromatic heterocycles. The summed E-state index contributed by atoms with van der Waals surface area (Å²) in [5.74, 6) is -0.385. The maximum Gasteiger partial charge on any atom is 0.340 e. The molecule has 37 heavy (non-hydrogen) atoms. The molecule has 0 spiro atoms. The second-order valence-electron chi connectivity index (χ2n) is 8.97. The molecule has 3 aromatic carbocycles. The van der Waals surface area contributed by atoms with Crippen LogP contribution >= 0.6 is 27.7 Å². The molecule has 0 amide bonds. The number of benzene rings is 3. The van der Waals surface area contributed by atoms with Crippen LogP contribution in [0.1, 0.15) is 44.5 Å². The highest BCUT2D eigenvalue weighted by Crippen LogP contribution is 2.41. The van der Waals surface area contributed by atoms with Gasteiger partial charge in [0.1, 0.15) is 5.75 Å². The predicted molar refractivity (Wildman–Crippen MR) is 152 cm³/mol. The Hall–Kier alpha value is -3.07. The second kappa shape index (κ2) is 11.5. The van der Waals surface area contributed by atoms with E-state index in [0.717, 1.165) is 10.5 Å². The van der Waals surface area contributed by atoms with Gasteiger partial charge in [-0.2, -0.15) is 0 Å². The molecule has 6 nitrogen and oxygen atoms in total. The first-order chi connectivity index (χ1) is 17.7. The number of aromatic hydroxyl groups is 1. The van der Waals surface area contributed by atoms with Crippen molar-refractivity contribution in [3.8, 4) is 5.75 Å². The number of phenolic OH excluding ortho intramolecular Hbond substituents is 1. The summed E-state index contributed by atoms with van der Waals surface area (Å²) in [5, 5.41) is 11.6. The van der Waals surface area contributed by atoms with E-state index < -0.39 is 5.97 Å². The number of rotatable bonds is 8. The maximum absolute atomic E-state index is 14.0. The highest BCUT2D eigenvalue weighted by atomic mass is 79.9. The van der Waals surface area contributed by atoms with Crippen molar-refractivity contribution >= 4 is 50.5 Å². The van der Waals surface area contributed by atoms with Gasteiger partial charge in [0.25, 0.3) is 5.91 Å². The topological polar surface area (TPSA) is 71.8 Å². The number of esters is 1. The second-order valence-corrected chi connectivity index (χ2v) is 10.9. The lowest BCUT2D eigenvalue weighted by Gasteiger charge is -2.15. The number of aryl methyl sites for hydroxylation is 1. The van der Waals surface area contributed by atoms with Crippen molar-refractivity contribution in [2.45, 2.75) is 31.0 Å². The molecule has 192 valence electrons. The molecule has 4 rings (SSSR count). The molecule has 0 saturated carbocycles. The van der Waals surface area contributed by atoms with Crippen LogP contribution in [0.25, 0.3) is 10.9 Å².